The van der Waals surface area contributed by atoms with E-state index in [0.717, 1.165) is 22.6 Å². The summed E-state index contributed by atoms with van der Waals surface area (Å²) in [5.74, 6) is 1.23. The lowest BCUT2D eigenvalue weighted by Crippen LogP contribution is -2.53. The predicted molar refractivity (Wildman–Crippen MR) is 119 cm³/mol. The van der Waals surface area contributed by atoms with E-state index >= 15 is 0 Å². The second-order valence-corrected chi connectivity index (χ2v) is 8.11. The first kappa shape index (κ1) is 22.6. The molecular weight excluding hydrogens is 394 g/mol. The van der Waals surface area contributed by atoms with Gasteiger partial charge in [0.05, 0.1) is 19.6 Å². The predicted octanol–water partition coefficient (Wildman–Crippen LogP) is 2.09. The summed E-state index contributed by atoms with van der Waals surface area (Å²) < 4.78 is 11.1. The van der Waals surface area contributed by atoms with Crippen LogP contribution in [0.4, 0.5) is 0 Å². The lowest BCUT2D eigenvalue weighted by Gasteiger charge is -2.33. The maximum absolute atomic E-state index is 13.3. The molecule has 2 aromatic rings. The number of hydrogen-bond acceptors (Lipinski definition) is 5. The third-order valence-electron chi connectivity index (χ3n) is 5.32. The Hall–Kier alpha value is -3.06. The van der Waals surface area contributed by atoms with Crippen LogP contribution in [0.2, 0.25) is 0 Å². The molecule has 0 aromatic heterocycles. The van der Waals surface area contributed by atoms with Crippen LogP contribution < -0.4 is 14.8 Å². The van der Waals surface area contributed by atoms with Gasteiger partial charge in [-0.05, 0) is 44.8 Å². The Balaban J connectivity index is 1.68. The Morgan fingerprint density at radius 1 is 1.19 bits per heavy atom. The fourth-order valence-electron chi connectivity index (χ4n) is 3.73. The zero-order valence-electron chi connectivity index (χ0n) is 18.6. The van der Waals surface area contributed by atoms with Gasteiger partial charge in [-0.3, -0.25) is 9.59 Å². The second kappa shape index (κ2) is 10.3. The largest absolute Gasteiger partial charge is 0.497 e. The number of para-hydroxylation sites is 1. The Kier molecular flexibility index (Phi) is 7.52. The van der Waals surface area contributed by atoms with E-state index in [1.165, 1.54) is 0 Å². The lowest BCUT2D eigenvalue weighted by atomic mass is 10.1. The standard InChI is InChI=1S/C24H31N3O4/c1-17(25-23(28)13-18-9-11-21(30-4)12-10-18)24(29)27-14-19-7-5-6-8-22(19)31-16-20(27)15-26(2)3/h5-12,17,20H,13-16H2,1-4H3,(H,25,28). The SMILES string of the molecule is COc1ccc(CC(=O)NC(C)C(=O)N2Cc3ccccc3OCC2CN(C)C)cc1. The van der Waals surface area contributed by atoms with Crippen molar-refractivity contribution in [3.05, 3.63) is 59.7 Å². The zero-order valence-corrected chi connectivity index (χ0v) is 18.6. The van der Waals surface area contributed by atoms with E-state index in [4.69, 9.17) is 9.47 Å². The Bertz CT molecular complexity index is 898. The molecule has 2 unspecified atom stereocenters. The lowest BCUT2D eigenvalue weighted by molar-refractivity contribution is -0.139. The topological polar surface area (TPSA) is 71.1 Å². The summed E-state index contributed by atoms with van der Waals surface area (Å²) in [4.78, 5) is 29.8. The first-order valence-corrected chi connectivity index (χ1v) is 10.5. The first-order chi connectivity index (χ1) is 14.9. The molecule has 7 nitrogen and oxygen atoms in total. The highest BCUT2D eigenvalue weighted by molar-refractivity contribution is 5.88. The van der Waals surface area contributed by atoms with Gasteiger partial charge in [-0.25, -0.2) is 0 Å². The molecule has 0 aliphatic carbocycles. The van der Waals surface area contributed by atoms with Crippen LogP contribution in [0.1, 0.15) is 18.1 Å². The van der Waals surface area contributed by atoms with Gasteiger partial charge < -0.3 is 24.6 Å². The number of methoxy groups -OCH3 is 1. The molecule has 1 N–H and O–H groups in total. The van der Waals surface area contributed by atoms with Gasteiger partial charge in [0, 0.05) is 18.7 Å². The molecule has 31 heavy (non-hydrogen) atoms. The van der Waals surface area contributed by atoms with Crippen LogP contribution in [0.3, 0.4) is 0 Å². The van der Waals surface area contributed by atoms with Gasteiger partial charge in [-0.2, -0.15) is 0 Å². The van der Waals surface area contributed by atoms with Gasteiger partial charge in [0.25, 0.3) is 0 Å². The molecule has 0 bridgehead atoms. The summed E-state index contributed by atoms with van der Waals surface area (Å²) in [7, 11) is 5.55. The minimum atomic E-state index is -0.638. The summed E-state index contributed by atoms with van der Waals surface area (Å²) in [5, 5.41) is 2.86. The van der Waals surface area contributed by atoms with Gasteiger partial charge in [0.15, 0.2) is 0 Å². The van der Waals surface area contributed by atoms with Gasteiger partial charge in [0.1, 0.15) is 24.1 Å². The van der Waals surface area contributed by atoms with Crippen molar-refractivity contribution in [2.45, 2.75) is 32.0 Å². The third-order valence-corrected chi connectivity index (χ3v) is 5.32. The number of hydrogen-bond donors (Lipinski definition) is 1. The van der Waals surface area contributed by atoms with Crippen LogP contribution in [-0.2, 0) is 22.6 Å². The van der Waals surface area contributed by atoms with E-state index in [9.17, 15) is 9.59 Å². The molecule has 7 heteroatoms. The van der Waals surface area contributed by atoms with Crippen molar-refractivity contribution in [1.29, 1.82) is 0 Å². The first-order valence-electron chi connectivity index (χ1n) is 10.5. The summed E-state index contributed by atoms with van der Waals surface area (Å²) in [6.45, 7) is 3.27. The number of likely N-dealkylation sites (N-methyl/N-ethyl adjacent to an activating group) is 1. The fraction of sp³-hybridized carbons (Fsp3) is 0.417. The Morgan fingerprint density at radius 3 is 2.58 bits per heavy atom. The van der Waals surface area contributed by atoms with E-state index < -0.39 is 6.04 Å². The number of rotatable bonds is 7. The molecule has 166 valence electrons. The average Bonchev–Trinajstić information content (AvgIpc) is 2.93. The Morgan fingerprint density at radius 2 is 1.90 bits per heavy atom. The second-order valence-electron chi connectivity index (χ2n) is 8.11. The van der Waals surface area contributed by atoms with Crippen LogP contribution in [0.5, 0.6) is 11.5 Å². The quantitative estimate of drug-likeness (QED) is 0.736. The molecule has 0 radical (unpaired) electrons. The van der Waals surface area contributed by atoms with Crippen LogP contribution in [0.15, 0.2) is 48.5 Å². The molecule has 0 fully saturated rings. The molecule has 0 spiro atoms. The summed E-state index contributed by atoms with van der Waals surface area (Å²) in [5.41, 5.74) is 1.83. The van der Waals surface area contributed by atoms with Crippen molar-refractivity contribution in [3.8, 4) is 11.5 Å². The van der Waals surface area contributed by atoms with E-state index in [-0.39, 0.29) is 24.3 Å². The van der Waals surface area contributed by atoms with Crippen molar-refractivity contribution in [1.82, 2.24) is 15.1 Å². The number of ether oxygens (including phenoxy) is 2. The van der Waals surface area contributed by atoms with Crippen molar-refractivity contribution in [3.63, 3.8) is 0 Å². The highest BCUT2D eigenvalue weighted by atomic mass is 16.5. The van der Waals surface area contributed by atoms with Gasteiger partial charge in [-0.1, -0.05) is 30.3 Å². The fourth-order valence-corrected chi connectivity index (χ4v) is 3.73. The smallest absolute Gasteiger partial charge is 0.245 e. The van der Waals surface area contributed by atoms with Crippen LogP contribution in [0, 0.1) is 0 Å². The summed E-state index contributed by atoms with van der Waals surface area (Å²) >= 11 is 0. The highest BCUT2D eigenvalue weighted by Gasteiger charge is 2.32. The normalized spacial score (nSPS) is 16.7. The van der Waals surface area contributed by atoms with Crippen molar-refractivity contribution < 1.29 is 19.1 Å². The molecule has 0 saturated carbocycles. The number of carbonyl (C=O) groups excluding carboxylic acids is 2. The number of amides is 2. The van der Waals surface area contributed by atoms with Crippen molar-refractivity contribution in [2.75, 3.05) is 34.4 Å². The number of nitrogens with one attached hydrogen (secondary N) is 1. The van der Waals surface area contributed by atoms with Gasteiger partial charge in [-0.15, -0.1) is 0 Å². The average molecular weight is 426 g/mol. The van der Waals surface area contributed by atoms with Crippen LogP contribution >= 0.6 is 0 Å². The van der Waals surface area contributed by atoms with Crippen molar-refractivity contribution in [2.24, 2.45) is 0 Å². The van der Waals surface area contributed by atoms with Crippen LogP contribution in [0.25, 0.3) is 0 Å². The minimum Gasteiger partial charge on any atom is -0.497 e. The van der Waals surface area contributed by atoms with E-state index in [0.29, 0.717) is 19.7 Å². The molecule has 1 heterocycles. The molecule has 0 saturated heterocycles. The number of carbonyl (C=O) groups is 2. The van der Waals surface area contributed by atoms with E-state index in [1.807, 2.05) is 72.4 Å². The van der Waals surface area contributed by atoms with Gasteiger partial charge >= 0.3 is 0 Å². The number of fused-ring (bicyclic) bond motifs is 1. The highest BCUT2D eigenvalue weighted by Crippen LogP contribution is 2.25. The van der Waals surface area contributed by atoms with Crippen molar-refractivity contribution >= 4 is 11.8 Å². The monoisotopic (exact) mass is 425 g/mol. The zero-order chi connectivity index (χ0) is 22.4. The maximum atomic E-state index is 13.3. The summed E-state index contributed by atoms with van der Waals surface area (Å²) in [6, 6.07) is 14.3. The van der Waals surface area contributed by atoms with E-state index in [2.05, 4.69) is 5.32 Å². The third kappa shape index (κ3) is 5.98. The van der Waals surface area contributed by atoms with Gasteiger partial charge in [0.2, 0.25) is 11.8 Å². The molecule has 1 aliphatic heterocycles. The number of nitrogens with zero attached hydrogens (tertiary/aromatic N) is 2. The minimum absolute atomic E-state index is 0.115. The Labute approximate surface area is 183 Å². The maximum Gasteiger partial charge on any atom is 0.245 e. The molecule has 2 atom stereocenters. The van der Waals surface area contributed by atoms with E-state index in [1.54, 1.807) is 14.0 Å². The molecule has 3 rings (SSSR count). The number of benzene rings is 2. The van der Waals surface area contributed by atoms with Crippen LogP contribution in [-0.4, -0.2) is 68.1 Å². The molecule has 2 amide bonds. The molecule has 2 aromatic carbocycles. The molecule has 1 aliphatic rings. The molecular formula is C24H31N3O4. The summed E-state index contributed by atoms with van der Waals surface area (Å²) in [6.07, 6.45) is 0.203.